The maximum absolute atomic E-state index is 13.3. The standard InChI is InChI=1S/C28H23NO5/c1-13-8-17(4-5-20(13)30)24-25-19-10-15(3)22(32)12-23(19)34-28(33)27(25)29-7-6-16-11-21(31)14(2)9-18(16)26(24)29/h4-5,8-12,30-32H,6-7H2,1-3H3. The van der Waals surface area contributed by atoms with E-state index in [2.05, 4.69) is 0 Å². The molecule has 0 saturated heterocycles. The van der Waals surface area contributed by atoms with Crippen LogP contribution in [0.15, 0.2) is 51.7 Å². The summed E-state index contributed by atoms with van der Waals surface area (Å²) in [7, 11) is 0. The van der Waals surface area contributed by atoms with Crippen molar-refractivity contribution in [3.05, 3.63) is 75.1 Å². The number of rotatable bonds is 1. The highest BCUT2D eigenvalue weighted by Gasteiger charge is 2.29. The van der Waals surface area contributed by atoms with E-state index in [1.807, 2.05) is 49.6 Å². The molecule has 170 valence electrons. The maximum atomic E-state index is 13.3. The molecular formula is C28H23NO5. The van der Waals surface area contributed by atoms with E-state index in [0.29, 0.717) is 29.6 Å². The molecule has 3 N–H and O–H groups in total. The topological polar surface area (TPSA) is 95.8 Å². The summed E-state index contributed by atoms with van der Waals surface area (Å²) in [5, 5.41) is 32.3. The van der Waals surface area contributed by atoms with E-state index in [4.69, 9.17) is 4.42 Å². The minimum absolute atomic E-state index is 0.0671. The highest BCUT2D eigenvalue weighted by Crippen LogP contribution is 2.47. The fourth-order valence-corrected chi connectivity index (χ4v) is 5.19. The van der Waals surface area contributed by atoms with E-state index in [1.165, 1.54) is 6.07 Å². The predicted molar refractivity (Wildman–Crippen MR) is 132 cm³/mol. The molecule has 3 aromatic carbocycles. The van der Waals surface area contributed by atoms with E-state index < -0.39 is 5.63 Å². The zero-order valence-electron chi connectivity index (χ0n) is 19.1. The van der Waals surface area contributed by atoms with Crippen molar-refractivity contribution < 1.29 is 19.7 Å². The Morgan fingerprint density at radius 1 is 0.853 bits per heavy atom. The van der Waals surface area contributed by atoms with Gasteiger partial charge in [-0.1, -0.05) is 6.07 Å². The Labute approximate surface area is 194 Å². The normalized spacial score (nSPS) is 12.8. The van der Waals surface area contributed by atoms with Gasteiger partial charge < -0.3 is 24.3 Å². The second-order valence-corrected chi connectivity index (χ2v) is 9.17. The van der Waals surface area contributed by atoms with E-state index in [9.17, 15) is 20.1 Å². The van der Waals surface area contributed by atoms with Gasteiger partial charge >= 0.3 is 5.63 Å². The number of aryl methyl sites for hydroxylation is 5. The van der Waals surface area contributed by atoms with Gasteiger partial charge in [0.15, 0.2) is 0 Å². The molecule has 1 aliphatic heterocycles. The van der Waals surface area contributed by atoms with Crippen LogP contribution in [0.4, 0.5) is 0 Å². The van der Waals surface area contributed by atoms with Crippen molar-refractivity contribution in [2.75, 3.05) is 0 Å². The number of nitrogens with zero attached hydrogens (tertiary/aromatic N) is 1. The molecule has 0 bridgehead atoms. The molecule has 34 heavy (non-hydrogen) atoms. The first-order valence-corrected chi connectivity index (χ1v) is 11.2. The Morgan fingerprint density at radius 2 is 1.56 bits per heavy atom. The summed E-state index contributed by atoms with van der Waals surface area (Å²) in [6.45, 7) is 6.07. The third-order valence-corrected chi connectivity index (χ3v) is 6.99. The number of hydrogen-bond acceptors (Lipinski definition) is 5. The second kappa shape index (κ2) is 6.90. The van der Waals surface area contributed by atoms with Gasteiger partial charge in [-0.2, -0.15) is 0 Å². The highest BCUT2D eigenvalue weighted by molar-refractivity contribution is 6.16. The molecule has 0 unspecified atom stereocenters. The van der Waals surface area contributed by atoms with Crippen molar-refractivity contribution in [2.45, 2.75) is 33.7 Å². The largest absolute Gasteiger partial charge is 0.508 e. The van der Waals surface area contributed by atoms with Gasteiger partial charge in [0, 0.05) is 34.5 Å². The van der Waals surface area contributed by atoms with Crippen LogP contribution in [0.1, 0.15) is 22.3 Å². The maximum Gasteiger partial charge on any atom is 0.361 e. The first-order valence-electron chi connectivity index (χ1n) is 11.2. The first-order chi connectivity index (χ1) is 16.2. The van der Waals surface area contributed by atoms with Gasteiger partial charge in [0.05, 0.1) is 5.69 Å². The van der Waals surface area contributed by atoms with Crippen LogP contribution in [-0.2, 0) is 13.0 Å². The zero-order valence-corrected chi connectivity index (χ0v) is 19.1. The number of fused-ring (bicyclic) bond motifs is 7. The third-order valence-electron chi connectivity index (χ3n) is 6.99. The van der Waals surface area contributed by atoms with E-state index in [1.54, 1.807) is 12.1 Å². The smallest absolute Gasteiger partial charge is 0.361 e. The monoisotopic (exact) mass is 453 g/mol. The molecule has 0 aliphatic carbocycles. The fraction of sp³-hybridized carbons (Fsp3) is 0.179. The lowest BCUT2D eigenvalue weighted by molar-refractivity contribution is 0.468. The molecule has 6 nitrogen and oxygen atoms in total. The number of phenolic OH excluding ortho intramolecular Hbond substituents is 3. The van der Waals surface area contributed by atoms with Crippen molar-refractivity contribution in [1.82, 2.24) is 4.57 Å². The average Bonchev–Trinajstić information content (AvgIpc) is 3.14. The van der Waals surface area contributed by atoms with Gasteiger partial charge in [-0.25, -0.2) is 4.79 Å². The molecule has 3 heterocycles. The summed E-state index contributed by atoms with van der Waals surface area (Å²) in [4.78, 5) is 13.3. The lowest BCUT2D eigenvalue weighted by Crippen LogP contribution is -2.14. The summed E-state index contributed by atoms with van der Waals surface area (Å²) < 4.78 is 7.70. The van der Waals surface area contributed by atoms with E-state index in [-0.39, 0.29) is 17.2 Å². The van der Waals surface area contributed by atoms with Crippen molar-refractivity contribution in [1.29, 1.82) is 0 Å². The summed E-state index contributed by atoms with van der Waals surface area (Å²) >= 11 is 0. The Morgan fingerprint density at radius 3 is 2.32 bits per heavy atom. The molecule has 0 atom stereocenters. The molecule has 6 heteroatoms. The van der Waals surface area contributed by atoms with Crippen LogP contribution < -0.4 is 5.63 Å². The van der Waals surface area contributed by atoms with Gasteiger partial charge in [0.25, 0.3) is 0 Å². The van der Waals surface area contributed by atoms with Crippen molar-refractivity contribution in [2.24, 2.45) is 0 Å². The Kier molecular flexibility index (Phi) is 4.15. The minimum Gasteiger partial charge on any atom is -0.508 e. The molecule has 5 aromatic rings. The molecule has 1 aliphatic rings. The molecule has 0 radical (unpaired) electrons. The van der Waals surface area contributed by atoms with Crippen LogP contribution in [0.2, 0.25) is 0 Å². The quantitative estimate of drug-likeness (QED) is 0.284. The lowest BCUT2D eigenvalue weighted by atomic mass is 9.90. The molecule has 2 aromatic heterocycles. The Bertz CT molecular complexity index is 1740. The molecule has 0 fully saturated rings. The summed E-state index contributed by atoms with van der Waals surface area (Å²) in [5.74, 6) is 0.520. The average molecular weight is 453 g/mol. The second-order valence-electron chi connectivity index (χ2n) is 9.17. The van der Waals surface area contributed by atoms with Gasteiger partial charge in [0.1, 0.15) is 28.3 Å². The molecule has 0 amide bonds. The molecule has 0 spiro atoms. The SMILES string of the molecule is Cc1cc(-c2c3n(c4c(=O)oc5cc(O)c(C)cc5c24)CCc2cc(O)c(C)cc2-3)ccc1O. The van der Waals surface area contributed by atoms with Crippen LogP contribution in [0.5, 0.6) is 17.2 Å². The van der Waals surface area contributed by atoms with Crippen molar-refractivity contribution in [3.8, 4) is 39.6 Å². The summed E-state index contributed by atoms with van der Waals surface area (Å²) in [6, 6.07) is 12.5. The Hall–Kier alpha value is -4.19. The number of benzene rings is 3. The Balaban J connectivity index is 1.88. The van der Waals surface area contributed by atoms with Crippen molar-refractivity contribution in [3.63, 3.8) is 0 Å². The number of phenols is 3. The summed E-state index contributed by atoms with van der Waals surface area (Å²) in [6.07, 6.45) is 0.667. The van der Waals surface area contributed by atoms with Gasteiger partial charge in [0.2, 0.25) is 0 Å². The van der Waals surface area contributed by atoms with Crippen LogP contribution in [0.3, 0.4) is 0 Å². The minimum atomic E-state index is -0.465. The number of aromatic hydroxyl groups is 3. The van der Waals surface area contributed by atoms with Crippen LogP contribution in [0, 0.1) is 20.8 Å². The zero-order chi connectivity index (χ0) is 23.9. The number of hydrogen-bond donors (Lipinski definition) is 3. The number of aromatic nitrogens is 1. The molecular weight excluding hydrogens is 430 g/mol. The fourth-order valence-electron chi connectivity index (χ4n) is 5.19. The van der Waals surface area contributed by atoms with Crippen LogP contribution >= 0.6 is 0 Å². The molecule has 6 rings (SSSR count). The van der Waals surface area contributed by atoms with Gasteiger partial charge in [-0.3, -0.25) is 0 Å². The third kappa shape index (κ3) is 2.71. The van der Waals surface area contributed by atoms with Gasteiger partial charge in [-0.15, -0.1) is 0 Å². The highest BCUT2D eigenvalue weighted by atomic mass is 16.4. The molecule has 0 saturated carbocycles. The van der Waals surface area contributed by atoms with E-state index >= 15 is 0 Å². The van der Waals surface area contributed by atoms with E-state index in [0.717, 1.165) is 49.8 Å². The first kappa shape index (κ1) is 20.4. The lowest BCUT2D eigenvalue weighted by Gasteiger charge is -2.22. The van der Waals surface area contributed by atoms with Crippen LogP contribution in [0.25, 0.3) is 44.3 Å². The van der Waals surface area contributed by atoms with Gasteiger partial charge in [-0.05, 0) is 85.3 Å². The predicted octanol–water partition coefficient (Wildman–Crippen LogP) is 5.68. The van der Waals surface area contributed by atoms with Crippen LogP contribution in [-0.4, -0.2) is 19.9 Å². The van der Waals surface area contributed by atoms with Crippen molar-refractivity contribution >= 4 is 21.9 Å². The summed E-state index contributed by atoms with van der Waals surface area (Å²) in [5.41, 5.74) is 7.08.